The number of methoxy groups -OCH3 is 1. The minimum atomic E-state index is -3.24. The third-order valence-electron chi connectivity index (χ3n) is 2.55. The summed E-state index contributed by atoms with van der Waals surface area (Å²) in [6.45, 7) is 1.54. The van der Waals surface area contributed by atoms with Crippen molar-refractivity contribution in [2.75, 3.05) is 12.9 Å². The van der Waals surface area contributed by atoms with Gasteiger partial charge in [-0.25, -0.2) is 8.42 Å². The van der Waals surface area contributed by atoms with Crippen LogP contribution in [-0.4, -0.2) is 32.5 Å². The van der Waals surface area contributed by atoms with Crippen LogP contribution in [0.1, 0.15) is 18.9 Å². The number of carbonyl (C=O) groups is 1. The molecule has 0 saturated carbocycles. The number of hydrogen-bond acceptors (Lipinski definition) is 5. The van der Waals surface area contributed by atoms with Crippen LogP contribution in [0.2, 0.25) is 0 Å². The molecule has 0 saturated heterocycles. The fourth-order valence-corrected chi connectivity index (χ4v) is 3.36. The number of rotatable bonds is 6. The van der Waals surface area contributed by atoms with Crippen LogP contribution in [0.4, 0.5) is 0 Å². The number of carbonyl (C=O) groups excluding carboxylic acids is 1. The first kappa shape index (κ1) is 14.2. The van der Waals surface area contributed by atoms with Crippen molar-refractivity contribution in [3.63, 3.8) is 0 Å². The van der Waals surface area contributed by atoms with Gasteiger partial charge in [-0.1, -0.05) is 0 Å². The lowest BCUT2D eigenvalue weighted by molar-refractivity contribution is -0.140. The van der Waals surface area contributed by atoms with Crippen molar-refractivity contribution in [1.82, 2.24) is 0 Å². The molecule has 4 nitrogen and oxygen atoms in total. The van der Waals surface area contributed by atoms with Crippen LogP contribution in [0.15, 0.2) is 16.8 Å². The second-order valence-electron chi connectivity index (χ2n) is 3.84. The Morgan fingerprint density at radius 3 is 2.76 bits per heavy atom. The minimum Gasteiger partial charge on any atom is -0.469 e. The lowest BCUT2D eigenvalue weighted by Gasteiger charge is -2.11. The molecule has 1 unspecified atom stereocenters. The molecule has 0 bridgehead atoms. The number of esters is 1. The van der Waals surface area contributed by atoms with E-state index in [2.05, 4.69) is 4.74 Å². The van der Waals surface area contributed by atoms with E-state index in [4.69, 9.17) is 0 Å². The summed E-state index contributed by atoms with van der Waals surface area (Å²) in [7, 11) is -1.98. The Kier molecular flexibility index (Phi) is 5.14. The Morgan fingerprint density at radius 2 is 2.24 bits per heavy atom. The van der Waals surface area contributed by atoms with Gasteiger partial charge in [0.15, 0.2) is 9.84 Å². The highest BCUT2D eigenvalue weighted by molar-refractivity contribution is 7.92. The first-order valence-corrected chi connectivity index (χ1v) is 7.91. The van der Waals surface area contributed by atoms with Gasteiger partial charge in [0.25, 0.3) is 0 Å². The zero-order valence-corrected chi connectivity index (χ0v) is 11.5. The van der Waals surface area contributed by atoms with Crippen molar-refractivity contribution in [3.05, 3.63) is 22.4 Å². The number of ether oxygens (including phenoxy) is 1. The fraction of sp³-hybridized carbons (Fsp3) is 0.545. The second kappa shape index (κ2) is 6.16. The minimum absolute atomic E-state index is 0.0713. The predicted octanol–water partition coefficient (Wildman–Crippen LogP) is 1.66. The number of aryl methyl sites for hydroxylation is 1. The summed E-state index contributed by atoms with van der Waals surface area (Å²) in [5, 5.41) is 3.16. The summed E-state index contributed by atoms with van der Waals surface area (Å²) in [6.07, 6.45) is 0.416. The maximum absolute atomic E-state index is 11.9. The molecule has 0 aliphatic carbocycles. The number of hydrogen-bond donors (Lipinski definition) is 0. The third kappa shape index (κ3) is 4.47. The standard InChI is InChI=1S/C11H16O4S2/c1-9(7-11(12)15-2)17(13,14)6-4-10-3-5-16-8-10/h3,5,8-9H,4,6-7H2,1-2H3. The van der Waals surface area contributed by atoms with Crippen molar-refractivity contribution in [2.24, 2.45) is 0 Å². The number of thiophene rings is 1. The lowest BCUT2D eigenvalue weighted by Crippen LogP contribution is -2.25. The van der Waals surface area contributed by atoms with Crippen LogP contribution in [0.3, 0.4) is 0 Å². The zero-order chi connectivity index (χ0) is 12.9. The van der Waals surface area contributed by atoms with E-state index in [1.54, 1.807) is 18.3 Å². The molecule has 1 atom stereocenters. The summed E-state index contributed by atoms with van der Waals surface area (Å²) in [4.78, 5) is 11.0. The normalized spacial score (nSPS) is 13.3. The van der Waals surface area contributed by atoms with E-state index >= 15 is 0 Å². The molecule has 0 amide bonds. The molecule has 1 aromatic rings. The molecule has 6 heteroatoms. The van der Waals surface area contributed by atoms with Crippen molar-refractivity contribution in [2.45, 2.75) is 25.0 Å². The molecular formula is C11H16O4S2. The van der Waals surface area contributed by atoms with Gasteiger partial charge < -0.3 is 4.74 Å². The Morgan fingerprint density at radius 1 is 1.53 bits per heavy atom. The summed E-state index contributed by atoms with van der Waals surface area (Å²) in [6, 6.07) is 1.91. The van der Waals surface area contributed by atoms with Crippen LogP contribution in [0, 0.1) is 0 Å². The third-order valence-corrected chi connectivity index (χ3v) is 5.45. The smallest absolute Gasteiger partial charge is 0.306 e. The average molecular weight is 276 g/mol. The molecule has 1 heterocycles. The van der Waals surface area contributed by atoms with Crippen molar-refractivity contribution in [3.8, 4) is 0 Å². The van der Waals surface area contributed by atoms with E-state index in [1.807, 2.05) is 16.8 Å². The quantitative estimate of drug-likeness (QED) is 0.741. The van der Waals surface area contributed by atoms with Gasteiger partial charge in [-0.3, -0.25) is 4.79 Å². The first-order valence-electron chi connectivity index (χ1n) is 5.25. The molecule has 17 heavy (non-hydrogen) atoms. The van der Waals surface area contributed by atoms with Crippen LogP contribution in [-0.2, 0) is 25.8 Å². The zero-order valence-electron chi connectivity index (χ0n) is 9.88. The molecule has 0 radical (unpaired) electrons. The molecule has 0 aromatic carbocycles. The van der Waals surface area contributed by atoms with Crippen molar-refractivity contribution >= 4 is 27.1 Å². The van der Waals surface area contributed by atoms with Gasteiger partial charge in [-0.2, -0.15) is 11.3 Å². The van der Waals surface area contributed by atoms with E-state index in [0.29, 0.717) is 6.42 Å². The van der Waals surface area contributed by atoms with Crippen molar-refractivity contribution in [1.29, 1.82) is 0 Å². The van der Waals surface area contributed by atoms with Gasteiger partial charge in [0, 0.05) is 0 Å². The van der Waals surface area contributed by atoms with Gasteiger partial charge in [-0.15, -0.1) is 0 Å². The Hall–Kier alpha value is -0.880. The number of sulfone groups is 1. The predicted molar refractivity (Wildman–Crippen MR) is 67.9 cm³/mol. The molecule has 1 aromatic heterocycles. The monoisotopic (exact) mass is 276 g/mol. The summed E-state index contributed by atoms with van der Waals surface area (Å²) in [5.41, 5.74) is 1.02. The summed E-state index contributed by atoms with van der Waals surface area (Å²) < 4.78 is 28.2. The maximum Gasteiger partial charge on any atom is 0.306 e. The van der Waals surface area contributed by atoms with Gasteiger partial charge in [0.2, 0.25) is 0 Å². The SMILES string of the molecule is COC(=O)CC(C)S(=O)(=O)CCc1ccsc1. The first-order chi connectivity index (χ1) is 7.95. The van der Waals surface area contributed by atoms with E-state index in [1.165, 1.54) is 7.11 Å². The van der Waals surface area contributed by atoms with Crippen LogP contribution in [0.25, 0.3) is 0 Å². The Balaban J connectivity index is 2.53. The van der Waals surface area contributed by atoms with Crippen LogP contribution < -0.4 is 0 Å². The van der Waals surface area contributed by atoms with Crippen LogP contribution >= 0.6 is 11.3 Å². The molecular weight excluding hydrogens is 260 g/mol. The largest absolute Gasteiger partial charge is 0.469 e. The topological polar surface area (TPSA) is 60.4 Å². The second-order valence-corrected chi connectivity index (χ2v) is 7.16. The van der Waals surface area contributed by atoms with E-state index in [9.17, 15) is 13.2 Å². The molecule has 1 rings (SSSR count). The fourth-order valence-electron chi connectivity index (χ4n) is 1.34. The molecule has 0 aliphatic heterocycles. The average Bonchev–Trinajstić information content (AvgIpc) is 2.79. The van der Waals surface area contributed by atoms with E-state index in [0.717, 1.165) is 5.56 Å². The Bertz CT molecular complexity index is 448. The highest BCUT2D eigenvalue weighted by atomic mass is 32.2. The van der Waals surface area contributed by atoms with Crippen molar-refractivity contribution < 1.29 is 17.9 Å². The van der Waals surface area contributed by atoms with Crippen LogP contribution in [0.5, 0.6) is 0 Å². The van der Waals surface area contributed by atoms with Gasteiger partial charge >= 0.3 is 5.97 Å². The molecule has 0 fully saturated rings. The maximum atomic E-state index is 11.9. The highest BCUT2D eigenvalue weighted by Crippen LogP contribution is 2.12. The lowest BCUT2D eigenvalue weighted by atomic mass is 10.3. The summed E-state index contributed by atoms with van der Waals surface area (Å²) in [5.74, 6) is -0.418. The highest BCUT2D eigenvalue weighted by Gasteiger charge is 2.23. The van der Waals surface area contributed by atoms with Gasteiger partial charge in [-0.05, 0) is 35.7 Å². The molecule has 0 N–H and O–H groups in total. The van der Waals surface area contributed by atoms with E-state index < -0.39 is 21.1 Å². The van der Waals surface area contributed by atoms with Gasteiger partial charge in [0.1, 0.15) is 0 Å². The summed E-state index contributed by atoms with van der Waals surface area (Å²) >= 11 is 1.54. The molecule has 0 aliphatic rings. The molecule has 96 valence electrons. The van der Waals surface area contributed by atoms with E-state index in [-0.39, 0.29) is 12.2 Å². The Labute approximate surface area is 106 Å². The molecule has 0 spiro atoms. The van der Waals surface area contributed by atoms with Gasteiger partial charge in [0.05, 0.1) is 24.5 Å².